The number of halogens is 1. The number of hydrogen-bond acceptors (Lipinski definition) is 3. The average molecular weight is 347 g/mol. The van der Waals surface area contributed by atoms with Crippen LogP contribution in [0.1, 0.15) is 11.3 Å². The monoisotopic (exact) mass is 347 g/mol. The summed E-state index contributed by atoms with van der Waals surface area (Å²) < 4.78 is 14.9. The van der Waals surface area contributed by atoms with Crippen LogP contribution in [0.15, 0.2) is 17.8 Å². The van der Waals surface area contributed by atoms with Gasteiger partial charge in [0.15, 0.2) is 0 Å². The summed E-state index contributed by atoms with van der Waals surface area (Å²) in [4.78, 5) is 6.51. The topological polar surface area (TPSA) is 44.1 Å². The molecule has 0 bridgehead atoms. The first-order valence-corrected chi connectivity index (χ1v) is 7.18. The van der Waals surface area contributed by atoms with Crippen molar-refractivity contribution in [3.05, 3.63) is 32.7 Å². The Bertz CT molecular complexity index is 548. The molecule has 2 aromatic rings. The molecular weight excluding hydrogens is 337 g/mol. The van der Waals surface area contributed by atoms with Gasteiger partial charge in [-0.25, -0.2) is 4.98 Å². The Morgan fingerprint density at radius 2 is 2.31 bits per heavy atom. The standard InChI is InChI=1S/C10H10IN3OS/c1-13-4-7-2-3-16(15)10(7)14-6-12-9(11)8(14)5-13/h2-3,6H,4-5H2,1H3. The Morgan fingerprint density at radius 3 is 3.12 bits per heavy atom. The number of aromatic nitrogens is 2. The molecule has 16 heavy (non-hydrogen) atoms. The molecule has 0 saturated carbocycles. The Kier molecular flexibility index (Phi) is 2.54. The molecule has 2 aromatic heterocycles. The van der Waals surface area contributed by atoms with Crippen molar-refractivity contribution < 1.29 is 4.55 Å². The van der Waals surface area contributed by atoms with Crippen molar-refractivity contribution >= 4 is 33.3 Å². The summed E-state index contributed by atoms with van der Waals surface area (Å²) in [6.45, 7) is 1.69. The van der Waals surface area contributed by atoms with Gasteiger partial charge >= 0.3 is 0 Å². The Balaban J connectivity index is 2.29. The van der Waals surface area contributed by atoms with Crippen molar-refractivity contribution in [3.63, 3.8) is 0 Å². The van der Waals surface area contributed by atoms with Gasteiger partial charge in [-0.15, -0.1) is 0 Å². The van der Waals surface area contributed by atoms with Crippen LogP contribution in [0.3, 0.4) is 0 Å². The van der Waals surface area contributed by atoms with Crippen LogP contribution in [0.5, 0.6) is 0 Å². The highest BCUT2D eigenvalue weighted by molar-refractivity contribution is 14.1. The first kappa shape index (κ1) is 10.7. The highest BCUT2D eigenvalue weighted by Gasteiger charge is 2.25. The van der Waals surface area contributed by atoms with E-state index < -0.39 is 10.8 Å². The lowest BCUT2D eigenvalue weighted by molar-refractivity contribution is 0.319. The predicted octanol–water partition coefficient (Wildman–Crippen LogP) is 2.15. The van der Waals surface area contributed by atoms with Crippen LogP contribution in [-0.2, 0) is 13.1 Å². The molecule has 0 N–H and O–H groups in total. The van der Waals surface area contributed by atoms with Crippen LogP contribution < -0.4 is 0 Å². The Hall–Kier alpha value is -0.440. The van der Waals surface area contributed by atoms with Crippen molar-refractivity contribution in [3.8, 4) is 5.00 Å². The minimum atomic E-state index is -1.02. The summed E-state index contributed by atoms with van der Waals surface area (Å²) in [5.41, 5.74) is 2.26. The molecule has 1 aliphatic heterocycles. The Labute approximate surface area is 110 Å². The molecule has 0 fully saturated rings. The third-order valence-electron chi connectivity index (χ3n) is 2.75. The minimum Gasteiger partial charge on any atom is -0.589 e. The number of hydrogen-bond donors (Lipinski definition) is 0. The van der Waals surface area contributed by atoms with Crippen LogP contribution in [0.25, 0.3) is 5.00 Å². The van der Waals surface area contributed by atoms with E-state index in [1.165, 1.54) is 0 Å². The molecule has 0 spiro atoms. The molecule has 3 rings (SSSR count). The molecule has 0 radical (unpaired) electrons. The molecule has 0 aromatic carbocycles. The quantitative estimate of drug-likeness (QED) is 0.542. The van der Waals surface area contributed by atoms with Gasteiger partial charge in [-0.05, 0) is 40.4 Å². The molecule has 1 unspecified atom stereocenters. The molecule has 3 heterocycles. The second-order valence-corrected chi connectivity index (χ2v) is 6.23. The number of thiophene rings is 1. The highest BCUT2D eigenvalue weighted by atomic mass is 127. The number of nitrogens with zero attached hydrogens (tertiary/aromatic N) is 3. The van der Waals surface area contributed by atoms with E-state index in [2.05, 4.69) is 39.5 Å². The van der Waals surface area contributed by atoms with Gasteiger partial charge in [-0.3, -0.25) is 9.47 Å². The SMILES string of the molecule is CN1Cc2cc[s+]([O-])c2-n2cnc(I)c2C1. The van der Waals surface area contributed by atoms with E-state index >= 15 is 0 Å². The van der Waals surface area contributed by atoms with Crippen LogP contribution in [-0.4, -0.2) is 26.1 Å². The number of imidazole rings is 1. The molecule has 1 aliphatic rings. The van der Waals surface area contributed by atoms with Gasteiger partial charge in [0.25, 0.3) is 5.00 Å². The maximum absolute atomic E-state index is 11.9. The molecule has 0 saturated heterocycles. The predicted molar refractivity (Wildman–Crippen MR) is 70.1 cm³/mol. The molecule has 6 heteroatoms. The van der Waals surface area contributed by atoms with E-state index in [9.17, 15) is 4.55 Å². The smallest absolute Gasteiger partial charge is 0.256 e. The number of fused-ring (bicyclic) bond motifs is 3. The van der Waals surface area contributed by atoms with E-state index in [-0.39, 0.29) is 0 Å². The summed E-state index contributed by atoms with van der Waals surface area (Å²) in [5.74, 6) is 0. The van der Waals surface area contributed by atoms with Crippen molar-refractivity contribution in [2.24, 2.45) is 0 Å². The molecule has 1 atom stereocenters. The lowest BCUT2D eigenvalue weighted by Gasteiger charge is -2.11. The lowest BCUT2D eigenvalue weighted by atomic mass is 10.3. The van der Waals surface area contributed by atoms with Crippen molar-refractivity contribution in [1.82, 2.24) is 14.5 Å². The molecule has 84 valence electrons. The van der Waals surface area contributed by atoms with Gasteiger partial charge in [-0.1, -0.05) is 0 Å². The third-order valence-corrected chi connectivity index (χ3v) is 4.88. The van der Waals surface area contributed by atoms with Crippen LogP contribution in [0, 0.1) is 3.70 Å². The summed E-state index contributed by atoms with van der Waals surface area (Å²) in [7, 11) is 1.05. The molecule has 0 amide bonds. The van der Waals surface area contributed by atoms with Crippen molar-refractivity contribution in [1.29, 1.82) is 0 Å². The van der Waals surface area contributed by atoms with Gasteiger partial charge in [-0.2, -0.15) is 0 Å². The van der Waals surface area contributed by atoms with E-state index in [1.807, 2.05) is 10.6 Å². The number of rotatable bonds is 0. The van der Waals surface area contributed by atoms with Gasteiger partial charge < -0.3 is 4.55 Å². The van der Waals surface area contributed by atoms with Crippen molar-refractivity contribution in [2.75, 3.05) is 7.05 Å². The zero-order valence-corrected chi connectivity index (χ0v) is 11.7. The van der Waals surface area contributed by atoms with Crippen LogP contribution in [0.4, 0.5) is 0 Å². The van der Waals surface area contributed by atoms with E-state index in [1.54, 1.807) is 11.7 Å². The van der Waals surface area contributed by atoms with Crippen LogP contribution in [0.2, 0.25) is 0 Å². The average Bonchev–Trinajstić information content (AvgIpc) is 2.70. The normalized spacial score (nSPS) is 16.8. The van der Waals surface area contributed by atoms with E-state index in [0.717, 1.165) is 33.0 Å². The summed E-state index contributed by atoms with van der Waals surface area (Å²) in [5, 5.41) is 2.63. The molecular formula is C10H10IN3OS. The fourth-order valence-electron chi connectivity index (χ4n) is 2.05. The van der Waals surface area contributed by atoms with E-state index in [4.69, 9.17) is 0 Å². The fraction of sp³-hybridized carbons (Fsp3) is 0.300. The second kappa shape index (κ2) is 3.80. The van der Waals surface area contributed by atoms with Gasteiger partial charge in [0.1, 0.15) is 15.4 Å². The Morgan fingerprint density at radius 1 is 1.50 bits per heavy atom. The zero-order valence-electron chi connectivity index (χ0n) is 8.68. The maximum atomic E-state index is 11.9. The van der Waals surface area contributed by atoms with Gasteiger partial charge in [0, 0.05) is 24.7 Å². The highest BCUT2D eigenvalue weighted by Crippen LogP contribution is 2.34. The summed E-state index contributed by atoms with van der Waals surface area (Å²) >= 11 is 2.23. The zero-order chi connectivity index (χ0) is 11.3. The summed E-state index contributed by atoms with van der Waals surface area (Å²) in [6.07, 6.45) is 1.77. The van der Waals surface area contributed by atoms with Crippen molar-refractivity contribution in [2.45, 2.75) is 13.1 Å². The molecule has 4 nitrogen and oxygen atoms in total. The van der Waals surface area contributed by atoms with Crippen LogP contribution >= 0.6 is 33.3 Å². The summed E-state index contributed by atoms with van der Waals surface area (Å²) in [6, 6.07) is 1.96. The van der Waals surface area contributed by atoms with Gasteiger partial charge in [0.2, 0.25) is 0 Å². The first-order chi connectivity index (χ1) is 7.66. The minimum absolute atomic E-state index is 0.843. The molecule has 0 aliphatic carbocycles. The third kappa shape index (κ3) is 1.52. The lowest BCUT2D eigenvalue weighted by Crippen LogP contribution is -2.16. The fourth-order valence-corrected chi connectivity index (χ4v) is 3.77. The van der Waals surface area contributed by atoms with E-state index in [0.29, 0.717) is 0 Å². The first-order valence-electron chi connectivity index (χ1n) is 4.89. The maximum Gasteiger partial charge on any atom is 0.256 e. The van der Waals surface area contributed by atoms with Gasteiger partial charge in [0.05, 0.1) is 5.69 Å². The largest absolute Gasteiger partial charge is 0.589 e. The second-order valence-electron chi connectivity index (χ2n) is 3.95.